The second-order valence-corrected chi connectivity index (χ2v) is 29.6. The van der Waals surface area contributed by atoms with Crippen LogP contribution in [-0.4, -0.2) is 11.0 Å². The molecule has 12 rings (SSSR count). The molecule has 0 fully saturated rings. The first kappa shape index (κ1) is 52.4. The summed E-state index contributed by atoms with van der Waals surface area (Å²) in [5, 5.41) is 6.15. The van der Waals surface area contributed by atoms with E-state index in [0.717, 1.165) is 25.7 Å². The minimum Gasteiger partial charge on any atom is -0.179 e. The Hall–Kier alpha value is -4.53. The maximum absolute atomic E-state index is 3.30. The van der Waals surface area contributed by atoms with Crippen molar-refractivity contribution in [2.24, 2.45) is 0 Å². The second kappa shape index (κ2) is 29.3. The standard InChI is InChI=1S/2C13H9.2C12H10Si.2C5H5.2ClH.2Hf/c2*1-3-7-12-10(5-1)9-11-6-2-4-8-13(11)12;2*1-3-7-11(8-4-1)13-12-9-5-2-6-10-12;2*1-2-4-5-3-1;;;;/h2*1-5,7-8H,9H2;2*1-10H;2*1-3H,4H2;2*1H;;/q2*-1;;;2*-1;;;2*+2. The Balaban J connectivity index is 0.000000152. The Bertz CT molecular complexity index is 2470. The van der Waals surface area contributed by atoms with Gasteiger partial charge in [0.2, 0.25) is 0 Å². The van der Waals surface area contributed by atoms with Crippen molar-refractivity contribution in [2.45, 2.75) is 25.7 Å². The van der Waals surface area contributed by atoms with Gasteiger partial charge in [0.1, 0.15) is 0 Å². The van der Waals surface area contributed by atoms with E-state index in [-0.39, 0.29) is 24.8 Å². The number of allylic oxidation sites excluding steroid dienone is 8. The van der Waals surface area contributed by atoms with E-state index in [1.807, 2.05) is 36.4 Å². The minimum atomic E-state index is -0.406. The summed E-state index contributed by atoms with van der Waals surface area (Å²) in [7, 11) is 0. The Kier molecular flexibility index (Phi) is 23.3. The van der Waals surface area contributed by atoms with Gasteiger partial charge < -0.3 is 0 Å². The van der Waals surface area contributed by atoms with Crippen molar-refractivity contribution in [2.75, 3.05) is 0 Å². The molecule has 0 unspecified atom stereocenters. The van der Waals surface area contributed by atoms with E-state index in [0.29, 0.717) is 0 Å². The van der Waals surface area contributed by atoms with Crippen LogP contribution in [0.15, 0.2) is 243 Å². The Morgan fingerprint density at radius 2 is 0.652 bits per heavy atom. The van der Waals surface area contributed by atoms with Crippen molar-refractivity contribution in [3.63, 3.8) is 0 Å². The van der Waals surface area contributed by atoms with Crippen molar-refractivity contribution in [1.82, 2.24) is 0 Å². The molecule has 0 amide bonds. The van der Waals surface area contributed by atoms with Gasteiger partial charge in [0.15, 0.2) is 0 Å². The molecule has 0 aromatic heterocycles. The number of hydrogen-bond donors (Lipinski definition) is 0. The molecular weight excluding hydrogens is 1200 g/mol. The fourth-order valence-corrected chi connectivity index (χ4v) is 17.4. The minimum absolute atomic E-state index is 0. The van der Waals surface area contributed by atoms with E-state index in [9.17, 15) is 0 Å². The molecule has 320 valence electrons. The van der Waals surface area contributed by atoms with Gasteiger partial charge in [-0.25, -0.2) is 24.3 Å². The zero-order valence-corrected chi connectivity index (χ0v) is 47.6. The predicted molar refractivity (Wildman–Crippen MR) is 280 cm³/mol. The maximum Gasteiger partial charge on any atom is -0.0253 e. The van der Waals surface area contributed by atoms with E-state index in [1.54, 1.807) is 0 Å². The number of fused-ring (bicyclic) bond motifs is 6. The molecule has 6 heteroatoms. The van der Waals surface area contributed by atoms with Crippen LogP contribution in [0, 0.1) is 24.3 Å². The van der Waals surface area contributed by atoms with Gasteiger partial charge in [0.05, 0.1) is 0 Å². The molecule has 4 aliphatic rings. The zero-order chi connectivity index (χ0) is 44.0. The summed E-state index contributed by atoms with van der Waals surface area (Å²) < 4.78 is 0. The fourth-order valence-electron chi connectivity index (χ4n) is 7.43. The van der Waals surface area contributed by atoms with Crippen LogP contribution >= 0.6 is 24.8 Å². The van der Waals surface area contributed by atoms with Gasteiger partial charge in [-0.3, -0.25) is 12.2 Å². The van der Waals surface area contributed by atoms with E-state index in [4.69, 9.17) is 0 Å². The van der Waals surface area contributed by atoms with Crippen molar-refractivity contribution in [3.8, 4) is 22.3 Å². The quantitative estimate of drug-likeness (QED) is 0.122. The number of rotatable bonds is 4. The molecule has 66 heavy (non-hydrogen) atoms. The molecule has 0 heterocycles. The molecule has 0 spiro atoms. The smallest absolute Gasteiger partial charge is 0.0253 e. The van der Waals surface area contributed by atoms with E-state index in [2.05, 4.69) is 231 Å². The Morgan fingerprint density at radius 1 is 0.348 bits per heavy atom. The first-order valence-corrected chi connectivity index (χ1v) is 35.4. The topological polar surface area (TPSA) is 0 Å². The van der Waals surface area contributed by atoms with Crippen LogP contribution in [-0.2, 0) is 58.8 Å². The van der Waals surface area contributed by atoms with Gasteiger partial charge >= 0.3 is 199 Å². The third kappa shape index (κ3) is 15.8. The summed E-state index contributed by atoms with van der Waals surface area (Å²) in [6.45, 7) is 0. The average molecular weight is 1260 g/mol. The fraction of sp³-hybridized carbons (Fsp3) is 0.0667. The summed E-state index contributed by atoms with van der Waals surface area (Å²) >= 11 is 2.53. The second-order valence-electron chi connectivity index (χ2n) is 15.0. The molecule has 0 saturated heterocycles. The number of halogens is 2. The largest absolute Gasteiger partial charge is 0.179 e. The van der Waals surface area contributed by atoms with Gasteiger partial charge in [-0.05, 0) is 12.8 Å². The summed E-state index contributed by atoms with van der Waals surface area (Å²) in [6.07, 6.45) is 22.1. The van der Waals surface area contributed by atoms with Crippen molar-refractivity contribution >= 4 is 56.6 Å². The van der Waals surface area contributed by atoms with Gasteiger partial charge in [-0.2, -0.15) is 71.8 Å². The first-order valence-electron chi connectivity index (χ1n) is 21.6. The maximum atomic E-state index is 3.30. The van der Waals surface area contributed by atoms with Crippen molar-refractivity contribution < 1.29 is 46.0 Å². The molecule has 0 aliphatic heterocycles. The van der Waals surface area contributed by atoms with E-state index in [1.165, 1.54) is 111 Å². The summed E-state index contributed by atoms with van der Waals surface area (Å²) in [5.74, 6) is 0. The summed E-state index contributed by atoms with van der Waals surface area (Å²) in [5.41, 5.74) is 10.2. The molecular formula is C60H50Cl2Hf2Si2. The van der Waals surface area contributed by atoms with Crippen molar-refractivity contribution in [1.29, 1.82) is 0 Å². The molecule has 0 saturated carbocycles. The molecule has 0 radical (unpaired) electrons. The van der Waals surface area contributed by atoms with Gasteiger partial charge in [-0.1, -0.05) is 70.8 Å². The monoisotopic (exact) mass is 1260 g/mol. The molecule has 0 atom stereocenters. The zero-order valence-electron chi connectivity index (χ0n) is 36.7. The number of hydrogen-bond acceptors (Lipinski definition) is 0. The average Bonchev–Trinajstić information content (AvgIpc) is 4.25. The van der Waals surface area contributed by atoms with Crippen LogP contribution in [0.1, 0.15) is 35.1 Å². The van der Waals surface area contributed by atoms with E-state index >= 15 is 0 Å². The third-order valence-electron chi connectivity index (χ3n) is 10.7. The molecule has 0 bridgehead atoms. The number of benzene rings is 8. The van der Waals surface area contributed by atoms with Crippen LogP contribution < -0.4 is 20.7 Å². The molecule has 0 nitrogen and oxygen atoms in total. The van der Waals surface area contributed by atoms with Gasteiger partial charge in [-0.15, -0.1) is 48.8 Å². The van der Waals surface area contributed by atoms with Gasteiger partial charge in [0, 0.05) is 0 Å². The predicted octanol–water partition coefficient (Wildman–Crippen LogP) is 12.2. The van der Waals surface area contributed by atoms with Crippen LogP contribution in [0.5, 0.6) is 0 Å². The summed E-state index contributed by atoms with van der Waals surface area (Å²) in [6, 6.07) is 79.8. The molecule has 8 aromatic carbocycles. The van der Waals surface area contributed by atoms with Crippen LogP contribution in [0.4, 0.5) is 0 Å². The molecule has 4 aliphatic carbocycles. The first-order chi connectivity index (χ1) is 31.7. The SMILES string of the molecule is Cl.Cl.[C-]1=CC=CC1.[C-]1=CC=CC1.[Hf+2]=[Si](c1ccccc1)c1ccccc1.[Hf+2]=[Si](c1ccccc1)c1ccccc1.[c-]1cccc2c1Cc1ccccc1-2.[c-]1cccc2c1Cc1ccccc1-2. The van der Waals surface area contributed by atoms with Crippen molar-refractivity contribution in [3.05, 3.63) is 289 Å². The van der Waals surface area contributed by atoms with Crippen LogP contribution in [0.25, 0.3) is 22.3 Å². The van der Waals surface area contributed by atoms with E-state index < -0.39 is 11.0 Å². The normalized spacial score (nSPS) is 11.7. The third-order valence-corrected chi connectivity index (χ3v) is 26.7. The summed E-state index contributed by atoms with van der Waals surface area (Å²) in [4.78, 5) is 0. The van der Waals surface area contributed by atoms with Crippen LogP contribution in [0.2, 0.25) is 0 Å². The molecule has 8 aromatic rings. The Labute approximate surface area is 435 Å². The van der Waals surface area contributed by atoms with Crippen LogP contribution in [0.3, 0.4) is 0 Å². The molecule has 0 N–H and O–H groups in total. The van der Waals surface area contributed by atoms with Gasteiger partial charge in [0.25, 0.3) is 0 Å². The Morgan fingerprint density at radius 3 is 0.939 bits per heavy atom.